The van der Waals surface area contributed by atoms with Gasteiger partial charge >= 0.3 is 0 Å². The van der Waals surface area contributed by atoms with E-state index < -0.39 is 0 Å². The number of hydrogen-bond donors (Lipinski definition) is 3. The number of aryl methyl sites for hydroxylation is 1. The first-order valence-electron chi connectivity index (χ1n) is 13.5. The number of aromatic nitrogens is 2. The molecule has 204 valence electrons. The number of nitrogens with one attached hydrogen (secondary N) is 2. The number of ether oxygens (including phenoxy) is 1. The summed E-state index contributed by atoms with van der Waals surface area (Å²) >= 11 is 0. The summed E-state index contributed by atoms with van der Waals surface area (Å²) < 4.78 is 5.62. The molecule has 0 spiro atoms. The van der Waals surface area contributed by atoms with Gasteiger partial charge in [-0.25, -0.2) is 9.97 Å². The number of likely N-dealkylation sites (tertiary alicyclic amines) is 1. The molecule has 2 aromatic rings. The van der Waals surface area contributed by atoms with Crippen LogP contribution in [0, 0.1) is 5.92 Å². The number of benzene rings is 1. The average Bonchev–Trinajstić information content (AvgIpc) is 2.88. The lowest BCUT2D eigenvalue weighted by atomic mass is 9.87. The predicted molar refractivity (Wildman–Crippen MR) is 153 cm³/mol. The van der Waals surface area contributed by atoms with Crippen molar-refractivity contribution >= 4 is 28.8 Å². The second kappa shape index (κ2) is 11.9. The maximum Gasteiger partial charge on any atom is 0.251 e. The number of methoxy groups -OCH3 is 1. The van der Waals surface area contributed by atoms with Gasteiger partial charge in [0.2, 0.25) is 5.95 Å². The quantitative estimate of drug-likeness (QED) is 0.448. The van der Waals surface area contributed by atoms with Crippen molar-refractivity contribution in [1.82, 2.24) is 20.2 Å². The molecule has 38 heavy (non-hydrogen) atoms. The van der Waals surface area contributed by atoms with Gasteiger partial charge in [-0.15, -0.1) is 0 Å². The molecular weight excluding hydrogens is 478 g/mol. The molecule has 0 bridgehead atoms. The second-order valence-electron chi connectivity index (χ2n) is 10.8. The first kappa shape index (κ1) is 27.6. The number of aliphatic imine (C=N–C) groups is 1. The minimum atomic E-state index is -0.0923. The van der Waals surface area contributed by atoms with Crippen molar-refractivity contribution in [2.24, 2.45) is 16.6 Å². The number of amides is 1. The fourth-order valence-electron chi connectivity index (χ4n) is 4.96. The Kier molecular flexibility index (Phi) is 8.66. The highest BCUT2D eigenvalue weighted by atomic mass is 16.5. The SMILES string of the molecule is COc1cc(C(=O)NC2CCN(C)CC2)ccc1Nc1ncc2c(n1)C(C(=NC(C)C)C(C)C)=C(N)CC2. The molecule has 0 saturated carbocycles. The third kappa shape index (κ3) is 6.32. The molecule has 1 aliphatic heterocycles. The Morgan fingerprint density at radius 1 is 1.18 bits per heavy atom. The van der Waals surface area contributed by atoms with E-state index in [1.165, 1.54) is 0 Å². The number of carbonyl (C=O) groups excluding carboxylic acids is 1. The van der Waals surface area contributed by atoms with E-state index in [0.29, 0.717) is 22.9 Å². The Hall–Kier alpha value is -3.46. The molecule has 2 heterocycles. The molecule has 0 unspecified atom stereocenters. The molecule has 4 rings (SSSR count). The van der Waals surface area contributed by atoms with E-state index in [-0.39, 0.29) is 23.9 Å². The van der Waals surface area contributed by atoms with Crippen LogP contribution in [0.2, 0.25) is 0 Å². The first-order valence-corrected chi connectivity index (χ1v) is 13.5. The van der Waals surface area contributed by atoms with Gasteiger partial charge in [0.15, 0.2) is 0 Å². The van der Waals surface area contributed by atoms with Crippen molar-refractivity contribution in [1.29, 1.82) is 0 Å². The molecule has 0 radical (unpaired) electrons. The third-order valence-electron chi connectivity index (χ3n) is 7.05. The van der Waals surface area contributed by atoms with Crippen molar-refractivity contribution in [2.45, 2.75) is 65.5 Å². The van der Waals surface area contributed by atoms with Gasteiger partial charge in [-0.05, 0) is 89.3 Å². The average molecular weight is 520 g/mol. The zero-order valence-electron chi connectivity index (χ0n) is 23.5. The molecule has 1 aliphatic carbocycles. The molecule has 1 fully saturated rings. The topological polar surface area (TPSA) is 118 Å². The largest absolute Gasteiger partial charge is 0.495 e. The van der Waals surface area contributed by atoms with Gasteiger partial charge in [0.05, 0.1) is 18.5 Å². The van der Waals surface area contributed by atoms with E-state index in [2.05, 4.69) is 55.3 Å². The van der Waals surface area contributed by atoms with Crippen molar-refractivity contribution < 1.29 is 9.53 Å². The summed E-state index contributed by atoms with van der Waals surface area (Å²) in [6.07, 6.45) is 5.33. The lowest BCUT2D eigenvalue weighted by molar-refractivity contribution is 0.0916. The summed E-state index contributed by atoms with van der Waals surface area (Å²) in [4.78, 5) is 29.5. The number of rotatable bonds is 8. The van der Waals surface area contributed by atoms with E-state index in [1.54, 1.807) is 19.2 Å². The van der Waals surface area contributed by atoms with Crippen molar-refractivity contribution in [3.05, 3.63) is 46.9 Å². The molecule has 2 aliphatic rings. The summed E-state index contributed by atoms with van der Waals surface area (Å²) in [5.74, 6) is 1.09. The monoisotopic (exact) mass is 519 g/mol. The fraction of sp³-hybridized carbons (Fsp3) is 0.517. The maximum absolute atomic E-state index is 12.9. The van der Waals surface area contributed by atoms with E-state index in [4.69, 9.17) is 20.4 Å². The number of hydrogen-bond acceptors (Lipinski definition) is 8. The van der Waals surface area contributed by atoms with Gasteiger partial charge in [0.25, 0.3) is 5.91 Å². The molecule has 1 saturated heterocycles. The van der Waals surface area contributed by atoms with Gasteiger partial charge in [-0.2, -0.15) is 0 Å². The number of carbonyl (C=O) groups is 1. The van der Waals surface area contributed by atoms with Crippen LogP contribution in [0.5, 0.6) is 5.75 Å². The summed E-state index contributed by atoms with van der Waals surface area (Å²) in [5.41, 5.74) is 12.4. The minimum absolute atomic E-state index is 0.0923. The van der Waals surface area contributed by atoms with Gasteiger partial charge < -0.3 is 26.0 Å². The molecule has 9 heteroatoms. The molecule has 9 nitrogen and oxygen atoms in total. The molecule has 0 atom stereocenters. The van der Waals surface area contributed by atoms with Crippen LogP contribution in [0.1, 0.15) is 68.6 Å². The number of allylic oxidation sites excluding steroid dienone is 2. The molecule has 4 N–H and O–H groups in total. The van der Waals surface area contributed by atoms with Gasteiger partial charge in [-0.3, -0.25) is 9.79 Å². The van der Waals surface area contributed by atoms with Crippen LogP contribution in [0.15, 0.2) is 35.1 Å². The number of piperidine rings is 1. The molecular formula is C29H41N7O2. The summed E-state index contributed by atoms with van der Waals surface area (Å²) in [6, 6.07) is 5.72. The van der Waals surface area contributed by atoms with Gasteiger partial charge in [-0.1, -0.05) is 13.8 Å². The highest BCUT2D eigenvalue weighted by Gasteiger charge is 2.26. The Morgan fingerprint density at radius 3 is 2.58 bits per heavy atom. The van der Waals surface area contributed by atoms with Gasteiger partial charge in [0.1, 0.15) is 5.75 Å². The van der Waals surface area contributed by atoms with E-state index in [0.717, 1.165) is 67.0 Å². The zero-order valence-corrected chi connectivity index (χ0v) is 23.5. The van der Waals surface area contributed by atoms with Crippen LogP contribution >= 0.6 is 0 Å². The Balaban J connectivity index is 1.58. The minimum Gasteiger partial charge on any atom is -0.495 e. The van der Waals surface area contributed by atoms with Crippen LogP contribution in [-0.2, 0) is 6.42 Å². The second-order valence-corrected chi connectivity index (χ2v) is 10.8. The normalized spacial score (nSPS) is 17.1. The van der Waals surface area contributed by atoms with Crippen LogP contribution in [0.3, 0.4) is 0 Å². The lowest BCUT2D eigenvalue weighted by Gasteiger charge is -2.29. The maximum atomic E-state index is 12.9. The summed E-state index contributed by atoms with van der Waals surface area (Å²) in [5, 5.41) is 6.44. The third-order valence-corrected chi connectivity index (χ3v) is 7.05. The van der Waals surface area contributed by atoms with Crippen LogP contribution in [-0.4, -0.2) is 65.8 Å². The van der Waals surface area contributed by atoms with Crippen LogP contribution in [0.25, 0.3) is 5.57 Å². The first-order chi connectivity index (χ1) is 18.2. The van der Waals surface area contributed by atoms with E-state index >= 15 is 0 Å². The number of nitrogens with two attached hydrogens (primary N) is 1. The van der Waals surface area contributed by atoms with E-state index in [9.17, 15) is 4.79 Å². The number of nitrogens with zero attached hydrogens (tertiary/aromatic N) is 4. The van der Waals surface area contributed by atoms with Crippen molar-refractivity contribution in [3.63, 3.8) is 0 Å². The Bertz CT molecular complexity index is 1230. The molecule has 1 aromatic heterocycles. The lowest BCUT2D eigenvalue weighted by Crippen LogP contribution is -2.43. The van der Waals surface area contributed by atoms with Gasteiger partial charge in [0, 0.05) is 40.8 Å². The van der Waals surface area contributed by atoms with Crippen LogP contribution in [0.4, 0.5) is 11.6 Å². The zero-order chi connectivity index (χ0) is 27.4. The fourth-order valence-corrected chi connectivity index (χ4v) is 4.96. The standard InChI is InChI=1S/C29H41N7O2/c1-17(2)26(32-18(3)4)25-22(30)9-7-20-16-31-29(35-27(20)25)34-23-10-8-19(15-24(23)38-6)28(37)33-21-11-13-36(5)14-12-21/h8,10,15-18,21H,7,9,11-14,30H2,1-6H3,(H,33,37)(H,31,34,35). The van der Waals surface area contributed by atoms with Crippen molar-refractivity contribution in [2.75, 3.05) is 32.6 Å². The summed E-state index contributed by atoms with van der Waals surface area (Å²) in [6.45, 7) is 10.4. The molecule has 1 amide bonds. The summed E-state index contributed by atoms with van der Waals surface area (Å²) in [7, 11) is 3.70. The number of anilines is 2. The van der Waals surface area contributed by atoms with E-state index in [1.807, 2.05) is 12.3 Å². The highest BCUT2D eigenvalue weighted by molar-refractivity contribution is 6.25. The predicted octanol–water partition coefficient (Wildman–Crippen LogP) is 4.17. The Labute approximate surface area is 226 Å². The van der Waals surface area contributed by atoms with Crippen molar-refractivity contribution in [3.8, 4) is 5.75 Å². The highest BCUT2D eigenvalue weighted by Crippen LogP contribution is 2.33. The smallest absolute Gasteiger partial charge is 0.251 e. The Morgan fingerprint density at radius 2 is 1.92 bits per heavy atom. The van der Waals surface area contributed by atoms with Crippen LogP contribution < -0.4 is 21.1 Å². The molecule has 1 aromatic carbocycles. The number of fused-ring (bicyclic) bond motifs is 1.